The van der Waals surface area contributed by atoms with E-state index >= 15 is 0 Å². The number of Topliss-reactive ketones (excluding diaryl/α,β-unsaturated/α-hetero) is 1. The first kappa shape index (κ1) is 7.73. The van der Waals surface area contributed by atoms with Gasteiger partial charge in [-0.15, -0.1) is 0 Å². The lowest BCUT2D eigenvalue weighted by Crippen LogP contribution is -2.12. The van der Waals surface area contributed by atoms with E-state index in [2.05, 4.69) is 6.92 Å². The molecule has 0 N–H and O–H groups in total. The SMILES string of the molecule is CC(=O)C[C@H]1COC[C@@H]1C. The summed E-state index contributed by atoms with van der Waals surface area (Å²) in [5, 5.41) is 0. The zero-order chi connectivity index (χ0) is 7.56. The Morgan fingerprint density at radius 3 is 2.70 bits per heavy atom. The Bertz CT molecular complexity index is 131. The minimum absolute atomic E-state index is 0.280. The molecule has 1 aliphatic rings. The van der Waals surface area contributed by atoms with E-state index in [0.717, 1.165) is 13.2 Å². The molecule has 0 amide bonds. The summed E-state index contributed by atoms with van der Waals surface area (Å²) < 4.78 is 5.22. The molecule has 0 saturated carbocycles. The van der Waals surface area contributed by atoms with E-state index in [-0.39, 0.29) is 5.78 Å². The lowest BCUT2D eigenvalue weighted by Gasteiger charge is -2.09. The molecule has 0 spiro atoms. The van der Waals surface area contributed by atoms with Gasteiger partial charge in [-0.3, -0.25) is 0 Å². The minimum Gasteiger partial charge on any atom is -0.381 e. The normalized spacial score (nSPS) is 32.6. The van der Waals surface area contributed by atoms with Gasteiger partial charge in [0.15, 0.2) is 0 Å². The lowest BCUT2D eigenvalue weighted by molar-refractivity contribution is -0.118. The van der Waals surface area contributed by atoms with Crippen LogP contribution in [0.4, 0.5) is 0 Å². The molecule has 0 radical (unpaired) electrons. The second-order valence-corrected chi connectivity index (χ2v) is 3.18. The van der Waals surface area contributed by atoms with Crippen LogP contribution in [0, 0.1) is 11.8 Å². The van der Waals surface area contributed by atoms with Crippen LogP contribution >= 0.6 is 0 Å². The largest absolute Gasteiger partial charge is 0.381 e. The highest BCUT2D eigenvalue weighted by Gasteiger charge is 2.24. The second-order valence-electron chi connectivity index (χ2n) is 3.18. The van der Waals surface area contributed by atoms with Crippen molar-refractivity contribution < 1.29 is 9.53 Å². The van der Waals surface area contributed by atoms with Gasteiger partial charge in [-0.05, 0) is 18.8 Å². The number of rotatable bonds is 2. The van der Waals surface area contributed by atoms with Gasteiger partial charge in [-0.2, -0.15) is 0 Å². The molecular formula is C8H14O2. The summed E-state index contributed by atoms with van der Waals surface area (Å²) in [6.07, 6.45) is 0.696. The third-order valence-electron chi connectivity index (χ3n) is 2.07. The van der Waals surface area contributed by atoms with Crippen molar-refractivity contribution in [2.24, 2.45) is 11.8 Å². The summed E-state index contributed by atoms with van der Waals surface area (Å²) in [4.78, 5) is 10.7. The van der Waals surface area contributed by atoms with Gasteiger partial charge in [0.2, 0.25) is 0 Å². The Kier molecular flexibility index (Phi) is 2.44. The quantitative estimate of drug-likeness (QED) is 0.580. The Balaban J connectivity index is 2.33. The maximum atomic E-state index is 10.7. The van der Waals surface area contributed by atoms with Crippen molar-refractivity contribution in [1.82, 2.24) is 0 Å². The van der Waals surface area contributed by atoms with E-state index in [1.807, 2.05) is 0 Å². The van der Waals surface area contributed by atoms with Crippen LogP contribution in [-0.4, -0.2) is 19.0 Å². The highest BCUT2D eigenvalue weighted by atomic mass is 16.5. The topological polar surface area (TPSA) is 26.3 Å². The third kappa shape index (κ3) is 1.81. The van der Waals surface area contributed by atoms with E-state index in [4.69, 9.17) is 4.74 Å². The Morgan fingerprint density at radius 2 is 2.30 bits per heavy atom. The second kappa shape index (κ2) is 3.15. The summed E-state index contributed by atoms with van der Waals surface area (Å²) in [6.45, 7) is 5.39. The first-order chi connectivity index (χ1) is 4.70. The fourth-order valence-corrected chi connectivity index (χ4v) is 1.33. The smallest absolute Gasteiger partial charge is 0.130 e. The number of ketones is 1. The van der Waals surface area contributed by atoms with Crippen molar-refractivity contribution in [1.29, 1.82) is 0 Å². The van der Waals surface area contributed by atoms with Crippen LogP contribution in [0.15, 0.2) is 0 Å². The summed E-state index contributed by atoms with van der Waals surface area (Å²) in [5.41, 5.74) is 0. The summed E-state index contributed by atoms with van der Waals surface area (Å²) >= 11 is 0. The van der Waals surface area contributed by atoms with Crippen molar-refractivity contribution >= 4 is 5.78 Å². The molecule has 1 aliphatic heterocycles. The average Bonchev–Trinajstić information content (AvgIpc) is 2.15. The van der Waals surface area contributed by atoms with E-state index < -0.39 is 0 Å². The molecular weight excluding hydrogens is 128 g/mol. The number of hydrogen-bond donors (Lipinski definition) is 0. The number of carbonyl (C=O) groups excluding carboxylic acids is 1. The zero-order valence-corrected chi connectivity index (χ0v) is 6.59. The molecule has 1 rings (SSSR count). The molecule has 1 fully saturated rings. The Labute approximate surface area is 61.6 Å². The third-order valence-corrected chi connectivity index (χ3v) is 2.07. The predicted molar refractivity (Wildman–Crippen MR) is 38.8 cm³/mol. The molecule has 0 unspecified atom stereocenters. The van der Waals surface area contributed by atoms with Crippen LogP contribution in [0.3, 0.4) is 0 Å². The van der Waals surface area contributed by atoms with E-state index in [1.165, 1.54) is 0 Å². The lowest BCUT2D eigenvalue weighted by atomic mass is 9.93. The molecule has 2 nitrogen and oxygen atoms in total. The predicted octanol–water partition coefficient (Wildman–Crippen LogP) is 1.25. The van der Waals surface area contributed by atoms with Crippen molar-refractivity contribution in [2.75, 3.05) is 13.2 Å². The van der Waals surface area contributed by atoms with Crippen LogP contribution in [0.2, 0.25) is 0 Å². The fraction of sp³-hybridized carbons (Fsp3) is 0.875. The summed E-state index contributed by atoms with van der Waals surface area (Å²) in [7, 11) is 0. The van der Waals surface area contributed by atoms with Crippen LogP contribution in [0.5, 0.6) is 0 Å². The first-order valence-corrected chi connectivity index (χ1v) is 3.77. The summed E-state index contributed by atoms with van der Waals surface area (Å²) in [5.74, 6) is 1.34. The van der Waals surface area contributed by atoms with Gasteiger partial charge in [0.25, 0.3) is 0 Å². The number of hydrogen-bond acceptors (Lipinski definition) is 2. The van der Waals surface area contributed by atoms with Gasteiger partial charge in [0.05, 0.1) is 6.61 Å². The van der Waals surface area contributed by atoms with Crippen molar-refractivity contribution in [3.05, 3.63) is 0 Å². The summed E-state index contributed by atoms with van der Waals surface area (Å²) in [6, 6.07) is 0. The maximum absolute atomic E-state index is 10.7. The van der Waals surface area contributed by atoms with Crippen LogP contribution in [-0.2, 0) is 9.53 Å². The van der Waals surface area contributed by atoms with Crippen molar-refractivity contribution in [3.8, 4) is 0 Å². The first-order valence-electron chi connectivity index (χ1n) is 3.77. The van der Waals surface area contributed by atoms with Gasteiger partial charge >= 0.3 is 0 Å². The molecule has 2 atom stereocenters. The molecule has 0 aromatic heterocycles. The van der Waals surface area contributed by atoms with Crippen LogP contribution in [0.1, 0.15) is 20.3 Å². The highest BCUT2D eigenvalue weighted by molar-refractivity contribution is 5.75. The van der Waals surface area contributed by atoms with E-state index in [1.54, 1.807) is 6.92 Å². The van der Waals surface area contributed by atoms with Crippen LogP contribution in [0.25, 0.3) is 0 Å². The van der Waals surface area contributed by atoms with Gasteiger partial charge < -0.3 is 9.53 Å². The monoisotopic (exact) mass is 142 g/mol. The molecule has 0 aliphatic carbocycles. The minimum atomic E-state index is 0.280. The molecule has 10 heavy (non-hydrogen) atoms. The van der Waals surface area contributed by atoms with Crippen LogP contribution < -0.4 is 0 Å². The van der Waals surface area contributed by atoms with Gasteiger partial charge in [0, 0.05) is 13.0 Å². The molecule has 1 saturated heterocycles. The molecule has 0 aromatic carbocycles. The standard InChI is InChI=1S/C8H14O2/c1-6-4-10-5-8(6)3-7(2)9/h6,8H,3-5H2,1-2H3/t6-,8-/m0/s1. The Hall–Kier alpha value is -0.370. The van der Waals surface area contributed by atoms with E-state index in [0.29, 0.717) is 18.3 Å². The van der Waals surface area contributed by atoms with Crippen molar-refractivity contribution in [2.45, 2.75) is 20.3 Å². The molecule has 0 aromatic rings. The van der Waals surface area contributed by atoms with Crippen molar-refractivity contribution in [3.63, 3.8) is 0 Å². The Morgan fingerprint density at radius 1 is 1.60 bits per heavy atom. The number of carbonyl (C=O) groups is 1. The molecule has 58 valence electrons. The molecule has 2 heteroatoms. The molecule has 0 bridgehead atoms. The maximum Gasteiger partial charge on any atom is 0.130 e. The highest BCUT2D eigenvalue weighted by Crippen LogP contribution is 2.22. The average molecular weight is 142 g/mol. The fourth-order valence-electron chi connectivity index (χ4n) is 1.33. The van der Waals surface area contributed by atoms with Gasteiger partial charge in [-0.1, -0.05) is 6.92 Å². The van der Waals surface area contributed by atoms with E-state index in [9.17, 15) is 4.79 Å². The van der Waals surface area contributed by atoms with Gasteiger partial charge in [0.1, 0.15) is 5.78 Å². The number of ether oxygens (including phenoxy) is 1. The van der Waals surface area contributed by atoms with Gasteiger partial charge in [-0.25, -0.2) is 0 Å². The zero-order valence-electron chi connectivity index (χ0n) is 6.59. The molecule has 1 heterocycles.